The summed E-state index contributed by atoms with van der Waals surface area (Å²) in [5.41, 5.74) is 1.27. The van der Waals surface area contributed by atoms with E-state index in [1.807, 2.05) is 23.5 Å². The molecule has 20 heavy (non-hydrogen) atoms. The fraction of sp³-hybridized carbons (Fsp3) is 0.375. The molecule has 1 aromatic heterocycles. The molecule has 2 aromatic rings. The van der Waals surface area contributed by atoms with Gasteiger partial charge in [-0.25, -0.2) is 0 Å². The zero-order valence-electron chi connectivity index (χ0n) is 11.7. The van der Waals surface area contributed by atoms with E-state index in [1.54, 1.807) is 0 Å². The van der Waals surface area contributed by atoms with Crippen molar-refractivity contribution >= 4 is 45.5 Å². The maximum Gasteiger partial charge on any atom is 0.0416 e. The van der Waals surface area contributed by atoms with Crippen LogP contribution in [0.3, 0.4) is 0 Å². The summed E-state index contributed by atoms with van der Waals surface area (Å²) in [6.45, 7) is 5.51. The fourth-order valence-corrected chi connectivity index (χ4v) is 4.69. The van der Waals surface area contributed by atoms with Crippen LogP contribution in [0.4, 0.5) is 0 Å². The first kappa shape index (κ1) is 16.3. The number of halogens is 2. The number of hydrogen-bond donors (Lipinski definition) is 1. The molecule has 1 heterocycles. The molecule has 4 heteroatoms. The van der Waals surface area contributed by atoms with Crippen molar-refractivity contribution in [2.75, 3.05) is 6.54 Å². The monoisotopic (exact) mass is 419 g/mol. The van der Waals surface area contributed by atoms with E-state index in [0.717, 1.165) is 18.0 Å². The third kappa shape index (κ3) is 3.97. The molecule has 108 valence electrons. The van der Waals surface area contributed by atoms with E-state index in [1.165, 1.54) is 25.3 Å². The number of nitrogens with one attached hydrogen (secondary N) is 1. The molecule has 0 saturated heterocycles. The molecule has 0 spiro atoms. The van der Waals surface area contributed by atoms with E-state index in [2.05, 4.69) is 60.0 Å². The van der Waals surface area contributed by atoms with Crippen LogP contribution in [0.2, 0.25) is 5.02 Å². The summed E-state index contributed by atoms with van der Waals surface area (Å²) in [6, 6.07) is 11.0. The number of thiophene rings is 1. The van der Waals surface area contributed by atoms with Crippen LogP contribution in [0.25, 0.3) is 10.4 Å². The molecule has 1 nitrogen and oxygen atoms in total. The second-order valence-electron chi connectivity index (χ2n) is 4.74. The standard InChI is InChI=1S/C16H19ClINS/c1-3-9-19-14(4-2)16-8-7-15(20-16)12-6-5-11(17)10-13(12)18/h5-8,10,14,19H,3-4,9H2,1-2H3. The van der Waals surface area contributed by atoms with Crippen LogP contribution in [0, 0.1) is 3.57 Å². The molecule has 1 N–H and O–H groups in total. The maximum atomic E-state index is 6.03. The molecule has 2 rings (SSSR count). The lowest BCUT2D eigenvalue weighted by Crippen LogP contribution is -2.20. The average molecular weight is 420 g/mol. The van der Waals surface area contributed by atoms with Crippen LogP contribution in [-0.4, -0.2) is 6.54 Å². The SMILES string of the molecule is CCCNC(CC)c1ccc(-c2ccc(Cl)cc2I)s1. The van der Waals surface area contributed by atoms with Gasteiger partial charge < -0.3 is 5.32 Å². The Morgan fingerprint density at radius 2 is 2.05 bits per heavy atom. The molecule has 1 atom stereocenters. The zero-order chi connectivity index (χ0) is 14.5. The highest BCUT2D eigenvalue weighted by molar-refractivity contribution is 14.1. The van der Waals surface area contributed by atoms with Gasteiger partial charge in [0.25, 0.3) is 0 Å². The Morgan fingerprint density at radius 1 is 1.25 bits per heavy atom. The molecular weight excluding hydrogens is 401 g/mol. The number of rotatable bonds is 6. The maximum absolute atomic E-state index is 6.03. The third-order valence-electron chi connectivity index (χ3n) is 3.22. The smallest absolute Gasteiger partial charge is 0.0416 e. The largest absolute Gasteiger partial charge is 0.309 e. The molecule has 0 saturated carbocycles. The van der Waals surface area contributed by atoms with Crippen molar-refractivity contribution in [3.63, 3.8) is 0 Å². The minimum absolute atomic E-state index is 0.471. The highest BCUT2D eigenvalue weighted by Gasteiger charge is 2.13. The summed E-state index contributed by atoms with van der Waals surface area (Å²) in [5, 5.41) is 4.41. The first-order valence-electron chi connectivity index (χ1n) is 6.94. The van der Waals surface area contributed by atoms with Gasteiger partial charge in [-0.05, 0) is 66.2 Å². The lowest BCUT2D eigenvalue weighted by molar-refractivity contribution is 0.525. The molecule has 1 unspecified atom stereocenters. The first-order chi connectivity index (χ1) is 9.65. The predicted octanol–water partition coefficient (Wildman–Crippen LogP) is 6.12. The highest BCUT2D eigenvalue weighted by atomic mass is 127. The quantitative estimate of drug-likeness (QED) is 0.556. The molecule has 0 amide bonds. The van der Waals surface area contributed by atoms with Gasteiger partial charge in [0.15, 0.2) is 0 Å². The van der Waals surface area contributed by atoms with Crippen molar-refractivity contribution in [3.8, 4) is 10.4 Å². The predicted molar refractivity (Wildman–Crippen MR) is 98.8 cm³/mol. The van der Waals surface area contributed by atoms with Gasteiger partial charge in [0, 0.05) is 30.0 Å². The lowest BCUT2D eigenvalue weighted by atomic mass is 10.1. The third-order valence-corrected chi connectivity index (χ3v) is 5.58. The van der Waals surface area contributed by atoms with E-state index in [9.17, 15) is 0 Å². The second kappa shape index (κ2) is 7.78. The van der Waals surface area contributed by atoms with E-state index in [-0.39, 0.29) is 0 Å². The fourth-order valence-electron chi connectivity index (χ4n) is 2.14. The molecule has 0 bridgehead atoms. The normalized spacial score (nSPS) is 12.6. The van der Waals surface area contributed by atoms with E-state index >= 15 is 0 Å². The summed E-state index contributed by atoms with van der Waals surface area (Å²) in [6.07, 6.45) is 2.29. The van der Waals surface area contributed by atoms with E-state index < -0.39 is 0 Å². The Kier molecular flexibility index (Phi) is 6.33. The molecule has 0 fully saturated rings. The van der Waals surface area contributed by atoms with Gasteiger partial charge in [0.2, 0.25) is 0 Å². The molecular formula is C16H19ClINS. The van der Waals surface area contributed by atoms with Gasteiger partial charge in [-0.3, -0.25) is 0 Å². The van der Waals surface area contributed by atoms with Crippen LogP contribution in [0.1, 0.15) is 37.6 Å². The Hall–Kier alpha value is -0.100. The van der Waals surface area contributed by atoms with Gasteiger partial charge in [0.1, 0.15) is 0 Å². The van der Waals surface area contributed by atoms with Gasteiger partial charge in [-0.15, -0.1) is 11.3 Å². The zero-order valence-corrected chi connectivity index (χ0v) is 15.5. The summed E-state index contributed by atoms with van der Waals surface area (Å²) in [5.74, 6) is 0. The first-order valence-corrected chi connectivity index (χ1v) is 9.21. The van der Waals surface area contributed by atoms with E-state index in [0.29, 0.717) is 6.04 Å². The Bertz CT molecular complexity index is 567. The van der Waals surface area contributed by atoms with Crippen molar-refractivity contribution in [1.29, 1.82) is 0 Å². The highest BCUT2D eigenvalue weighted by Crippen LogP contribution is 2.35. The number of hydrogen-bond acceptors (Lipinski definition) is 2. The molecule has 0 aliphatic heterocycles. The molecule has 1 aromatic carbocycles. The average Bonchev–Trinajstić information content (AvgIpc) is 2.89. The lowest BCUT2D eigenvalue weighted by Gasteiger charge is -2.14. The minimum Gasteiger partial charge on any atom is -0.309 e. The van der Waals surface area contributed by atoms with Gasteiger partial charge in [-0.1, -0.05) is 31.5 Å². The van der Waals surface area contributed by atoms with Crippen molar-refractivity contribution in [2.45, 2.75) is 32.7 Å². The topological polar surface area (TPSA) is 12.0 Å². The van der Waals surface area contributed by atoms with Crippen LogP contribution < -0.4 is 5.32 Å². The van der Waals surface area contributed by atoms with Crippen molar-refractivity contribution in [3.05, 3.63) is 43.8 Å². The summed E-state index contributed by atoms with van der Waals surface area (Å²) in [4.78, 5) is 2.74. The van der Waals surface area contributed by atoms with Crippen LogP contribution in [0.5, 0.6) is 0 Å². The summed E-state index contributed by atoms with van der Waals surface area (Å²) < 4.78 is 1.21. The Labute approximate surface area is 143 Å². The molecule has 0 aliphatic rings. The van der Waals surface area contributed by atoms with Gasteiger partial charge in [-0.2, -0.15) is 0 Å². The Morgan fingerprint density at radius 3 is 2.70 bits per heavy atom. The summed E-state index contributed by atoms with van der Waals surface area (Å²) >= 11 is 10.3. The van der Waals surface area contributed by atoms with Gasteiger partial charge >= 0.3 is 0 Å². The van der Waals surface area contributed by atoms with Crippen molar-refractivity contribution in [2.24, 2.45) is 0 Å². The van der Waals surface area contributed by atoms with Crippen LogP contribution in [-0.2, 0) is 0 Å². The van der Waals surface area contributed by atoms with Crippen molar-refractivity contribution < 1.29 is 0 Å². The van der Waals surface area contributed by atoms with Crippen molar-refractivity contribution in [1.82, 2.24) is 5.32 Å². The number of benzene rings is 1. The van der Waals surface area contributed by atoms with Crippen LogP contribution in [0.15, 0.2) is 30.3 Å². The van der Waals surface area contributed by atoms with E-state index in [4.69, 9.17) is 11.6 Å². The molecule has 0 aliphatic carbocycles. The van der Waals surface area contributed by atoms with Crippen LogP contribution >= 0.6 is 45.5 Å². The minimum atomic E-state index is 0.471. The second-order valence-corrected chi connectivity index (χ2v) is 7.46. The Balaban J connectivity index is 2.23. The molecule has 0 radical (unpaired) electrons. The summed E-state index contributed by atoms with van der Waals surface area (Å²) in [7, 11) is 0. The van der Waals surface area contributed by atoms with Gasteiger partial charge in [0.05, 0.1) is 0 Å².